The van der Waals surface area contributed by atoms with Crippen LogP contribution in [0.5, 0.6) is 0 Å². The normalized spacial score (nSPS) is 11.4. The molecule has 1 heterocycles. The van der Waals surface area contributed by atoms with E-state index in [1.807, 2.05) is 0 Å². The van der Waals surface area contributed by atoms with E-state index in [-0.39, 0.29) is 24.0 Å². The van der Waals surface area contributed by atoms with E-state index in [0.717, 1.165) is 17.4 Å². The van der Waals surface area contributed by atoms with Gasteiger partial charge in [0.05, 0.1) is 38.1 Å². The number of nitrogens with zero attached hydrogens (tertiary/aromatic N) is 2. The Hall–Kier alpha value is -0.200. The summed E-state index contributed by atoms with van der Waals surface area (Å²) < 4.78 is 6.82. The maximum Gasteiger partial charge on any atom is 0.0837 e. The van der Waals surface area contributed by atoms with Gasteiger partial charge in [-0.3, -0.25) is 0 Å². The molecule has 0 aliphatic rings. The van der Waals surface area contributed by atoms with Crippen LogP contribution in [0.15, 0.2) is 24.3 Å². The lowest BCUT2D eigenvalue weighted by Gasteiger charge is -2.23. The summed E-state index contributed by atoms with van der Waals surface area (Å²) in [5.74, 6) is 0. The van der Waals surface area contributed by atoms with Crippen molar-refractivity contribution in [1.82, 2.24) is 4.37 Å². The molecule has 0 fully saturated rings. The third-order valence-electron chi connectivity index (χ3n) is 2.47. The van der Waals surface area contributed by atoms with E-state index in [1.165, 1.54) is 15.8 Å². The maximum absolute atomic E-state index is 4.53. The second-order valence-corrected chi connectivity index (χ2v) is 5.69. The van der Waals surface area contributed by atoms with Gasteiger partial charge in [0, 0.05) is 11.8 Å². The minimum Gasteiger partial charge on any atom is -1.00 e. The minimum absolute atomic E-state index is 0. The van der Waals surface area contributed by atoms with Crippen LogP contribution in [0.3, 0.4) is 0 Å². The van der Waals surface area contributed by atoms with Crippen molar-refractivity contribution in [3.8, 4) is 0 Å². The zero-order valence-corrected chi connectivity index (χ0v) is 12.9. The first-order valence-electron chi connectivity index (χ1n) is 5.20. The van der Waals surface area contributed by atoms with Crippen LogP contribution in [0.25, 0.3) is 10.1 Å². The molecule has 0 amide bonds. The molecular weight excluding hydrogens is 331 g/mol. The van der Waals surface area contributed by atoms with Gasteiger partial charge in [0.2, 0.25) is 0 Å². The minimum atomic E-state index is 0. The number of quaternary nitrogens is 1. The number of halogens is 1. The van der Waals surface area contributed by atoms with E-state index in [1.54, 1.807) is 11.5 Å². The Balaban J connectivity index is 0.00000128. The smallest absolute Gasteiger partial charge is 0.0837 e. The van der Waals surface area contributed by atoms with Gasteiger partial charge in [-0.2, -0.15) is 4.37 Å². The van der Waals surface area contributed by atoms with Gasteiger partial charge in [-0.05, 0) is 17.6 Å². The van der Waals surface area contributed by atoms with Crippen LogP contribution in [0.4, 0.5) is 0 Å². The molecule has 0 aliphatic carbocycles. The van der Waals surface area contributed by atoms with Crippen molar-refractivity contribution >= 4 is 21.6 Å². The van der Waals surface area contributed by atoms with E-state index < -0.39 is 0 Å². The largest absolute Gasteiger partial charge is 1.00 e. The standard InChI is InChI=1S/C12H17N2S.HI/c1-14(2,3)9-8-11-10-6-4-5-7-12(10)15-13-11;/h4-7H,8-9H2,1-3H3;1H/q+1;/p-1. The topological polar surface area (TPSA) is 12.9 Å². The molecular formula is C12H17IN2S. The number of rotatable bonds is 3. The highest BCUT2D eigenvalue weighted by Crippen LogP contribution is 2.22. The monoisotopic (exact) mass is 348 g/mol. The molecule has 0 spiro atoms. The summed E-state index contributed by atoms with van der Waals surface area (Å²) in [7, 11) is 6.65. The van der Waals surface area contributed by atoms with E-state index in [4.69, 9.17) is 0 Å². The van der Waals surface area contributed by atoms with E-state index >= 15 is 0 Å². The van der Waals surface area contributed by atoms with Crippen molar-refractivity contribution in [2.45, 2.75) is 6.42 Å². The van der Waals surface area contributed by atoms with Crippen LogP contribution in [0.2, 0.25) is 0 Å². The first-order chi connectivity index (χ1) is 7.06. The Morgan fingerprint density at radius 1 is 1.19 bits per heavy atom. The van der Waals surface area contributed by atoms with Crippen LogP contribution >= 0.6 is 11.5 Å². The number of hydrogen-bond acceptors (Lipinski definition) is 2. The Morgan fingerprint density at radius 2 is 1.88 bits per heavy atom. The van der Waals surface area contributed by atoms with E-state index in [0.29, 0.717) is 0 Å². The number of fused-ring (bicyclic) bond motifs is 1. The van der Waals surface area contributed by atoms with Crippen LogP contribution in [0.1, 0.15) is 5.69 Å². The summed E-state index contributed by atoms with van der Waals surface area (Å²) in [5.41, 5.74) is 1.25. The van der Waals surface area contributed by atoms with Crippen LogP contribution in [-0.4, -0.2) is 36.5 Å². The van der Waals surface area contributed by atoms with Crippen molar-refractivity contribution in [2.24, 2.45) is 0 Å². The highest BCUT2D eigenvalue weighted by Gasteiger charge is 2.11. The second kappa shape index (κ2) is 5.42. The van der Waals surface area contributed by atoms with Gasteiger partial charge in [-0.1, -0.05) is 18.2 Å². The van der Waals surface area contributed by atoms with Gasteiger partial charge in [-0.15, -0.1) is 0 Å². The molecule has 0 aliphatic heterocycles. The van der Waals surface area contributed by atoms with Gasteiger partial charge in [0.25, 0.3) is 0 Å². The predicted octanol–water partition coefficient (Wildman–Crippen LogP) is -0.451. The molecule has 0 atom stereocenters. The zero-order chi connectivity index (χ0) is 10.9. The molecule has 0 bridgehead atoms. The Morgan fingerprint density at radius 3 is 2.56 bits per heavy atom. The summed E-state index contributed by atoms with van der Waals surface area (Å²) in [6.45, 7) is 1.13. The van der Waals surface area contributed by atoms with Crippen molar-refractivity contribution in [3.63, 3.8) is 0 Å². The molecule has 2 nitrogen and oxygen atoms in total. The van der Waals surface area contributed by atoms with Gasteiger partial charge in [-0.25, -0.2) is 0 Å². The van der Waals surface area contributed by atoms with E-state index in [2.05, 4.69) is 49.8 Å². The third kappa shape index (κ3) is 3.40. The van der Waals surface area contributed by atoms with Gasteiger partial charge < -0.3 is 28.5 Å². The zero-order valence-electron chi connectivity index (χ0n) is 9.90. The quantitative estimate of drug-likeness (QED) is 0.541. The van der Waals surface area contributed by atoms with Crippen LogP contribution in [-0.2, 0) is 6.42 Å². The SMILES string of the molecule is C[N+](C)(C)CCc1nsc2ccccc12.[I-]. The first-order valence-corrected chi connectivity index (χ1v) is 5.97. The fourth-order valence-electron chi connectivity index (χ4n) is 1.56. The summed E-state index contributed by atoms with van der Waals surface area (Å²) in [4.78, 5) is 0. The molecule has 0 N–H and O–H groups in total. The predicted molar refractivity (Wildman–Crippen MR) is 66.2 cm³/mol. The molecule has 4 heteroatoms. The second-order valence-electron chi connectivity index (χ2n) is 4.89. The lowest BCUT2D eigenvalue weighted by molar-refractivity contribution is -0.870. The van der Waals surface area contributed by atoms with Crippen molar-refractivity contribution < 1.29 is 28.5 Å². The molecule has 1 aromatic carbocycles. The van der Waals surface area contributed by atoms with Gasteiger partial charge in [0.15, 0.2) is 0 Å². The van der Waals surface area contributed by atoms with Gasteiger partial charge in [0.1, 0.15) is 0 Å². The first kappa shape index (κ1) is 13.9. The molecule has 88 valence electrons. The van der Waals surface area contributed by atoms with E-state index in [9.17, 15) is 0 Å². The maximum atomic E-state index is 4.53. The summed E-state index contributed by atoms with van der Waals surface area (Å²) >= 11 is 1.61. The summed E-state index contributed by atoms with van der Waals surface area (Å²) in [5, 5.41) is 1.33. The number of benzene rings is 1. The molecule has 0 unspecified atom stereocenters. The molecule has 16 heavy (non-hydrogen) atoms. The fourth-order valence-corrected chi connectivity index (χ4v) is 2.38. The molecule has 2 aromatic rings. The third-order valence-corrected chi connectivity index (χ3v) is 3.34. The lowest BCUT2D eigenvalue weighted by Crippen LogP contribution is -3.00. The summed E-state index contributed by atoms with van der Waals surface area (Å²) in [6.07, 6.45) is 1.06. The average Bonchev–Trinajstić information content (AvgIpc) is 2.57. The van der Waals surface area contributed by atoms with Gasteiger partial charge >= 0.3 is 0 Å². The molecule has 0 saturated heterocycles. The number of aromatic nitrogens is 1. The molecule has 1 aromatic heterocycles. The Kier molecular flexibility index (Phi) is 4.70. The number of hydrogen-bond donors (Lipinski definition) is 0. The van der Waals surface area contributed by atoms with Crippen molar-refractivity contribution in [2.75, 3.05) is 27.7 Å². The van der Waals surface area contributed by atoms with Crippen LogP contribution in [0, 0.1) is 0 Å². The average molecular weight is 348 g/mol. The van der Waals surface area contributed by atoms with Crippen LogP contribution < -0.4 is 24.0 Å². The summed E-state index contributed by atoms with van der Waals surface area (Å²) in [6, 6.07) is 8.47. The molecule has 2 rings (SSSR count). The highest BCUT2D eigenvalue weighted by molar-refractivity contribution is 7.13. The Labute approximate surface area is 118 Å². The molecule has 0 radical (unpaired) electrons. The van der Waals surface area contributed by atoms with Crippen molar-refractivity contribution in [3.05, 3.63) is 30.0 Å². The molecule has 0 saturated carbocycles. The van der Waals surface area contributed by atoms with Crippen molar-refractivity contribution in [1.29, 1.82) is 0 Å². The Bertz CT molecular complexity index is 459. The highest BCUT2D eigenvalue weighted by atomic mass is 127. The fraction of sp³-hybridized carbons (Fsp3) is 0.417. The number of likely N-dealkylation sites (N-methyl/N-ethyl adjacent to an activating group) is 1. The lowest BCUT2D eigenvalue weighted by atomic mass is 10.2.